The Morgan fingerprint density at radius 1 is 0.943 bits per heavy atom. The van der Waals surface area contributed by atoms with Gasteiger partial charge in [-0.2, -0.15) is 0 Å². The van der Waals surface area contributed by atoms with Crippen LogP contribution in [0.4, 0.5) is 0 Å². The number of carbonyl (C=O) groups is 1. The highest BCUT2D eigenvalue weighted by atomic mass is 16.7. The molecule has 1 aromatic rings. The number of carbonyl (C=O) groups excluding carboxylic acids is 1. The average Bonchev–Trinajstić information content (AvgIpc) is 3.20. The van der Waals surface area contributed by atoms with Gasteiger partial charge < -0.3 is 18.9 Å². The van der Waals surface area contributed by atoms with Gasteiger partial charge in [0.15, 0.2) is 5.79 Å². The van der Waals surface area contributed by atoms with Crippen molar-refractivity contribution >= 4 is 12.0 Å². The minimum atomic E-state index is -0.612. The van der Waals surface area contributed by atoms with E-state index in [4.69, 9.17) is 18.9 Å². The summed E-state index contributed by atoms with van der Waals surface area (Å²) in [5.74, 6) is -0.0873. The first kappa shape index (κ1) is 29.4. The Morgan fingerprint density at radius 3 is 2.06 bits per heavy atom. The van der Waals surface area contributed by atoms with E-state index in [0.717, 1.165) is 24.3 Å². The third-order valence-corrected chi connectivity index (χ3v) is 6.32. The largest absolute Gasteiger partial charge is 0.494 e. The van der Waals surface area contributed by atoms with E-state index in [0.29, 0.717) is 12.2 Å². The molecule has 0 amide bonds. The molecule has 1 saturated heterocycles. The molecule has 5 heteroatoms. The fraction of sp³-hybridized carbons (Fsp3) is 0.700. The average molecular weight is 489 g/mol. The predicted octanol–water partition coefficient (Wildman–Crippen LogP) is 7.86. The lowest BCUT2D eigenvalue weighted by Gasteiger charge is -2.17. The van der Waals surface area contributed by atoms with Gasteiger partial charge in [0.2, 0.25) is 0 Å². The van der Waals surface area contributed by atoms with Gasteiger partial charge >= 0.3 is 5.97 Å². The smallest absolute Gasteiger partial charge is 0.333 e. The van der Waals surface area contributed by atoms with Crippen LogP contribution in [0.1, 0.15) is 110 Å². The second-order valence-corrected chi connectivity index (χ2v) is 10.2. The van der Waals surface area contributed by atoms with E-state index >= 15 is 0 Å². The third kappa shape index (κ3) is 13.1. The molecule has 5 nitrogen and oxygen atoms in total. The highest BCUT2D eigenvalue weighted by Gasteiger charge is 2.33. The Morgan fingerprint density at radius 2 is 1.51 bits per heavy atom. The minimum absolute atomic E-state index is 0.194. The molecule has 0 N–H and O–H groups in total. The number of rotatable bonds is 18. The maximum atomic E-state index is 12.3. The number of ether oxygens (including phenoxy) is 4. The number of esters is 1. The molecule has 0 aliphatic carbocycles. The maximum absolute atomic E-state index is 12.3. The molecule has 1 fully saturated rings. The van der Waals surface area contributed by atoms with Crippen LogP contribution >= 0.6 is 0 Å². The van der Waals surface area contributed by atoms with Crippen molar-refractivity contribution in [2.75, 3.05) is 19.8 Å². The van der Waals surface area contributed by atoms with Crippen LogP contribution in [0.3, 0.4) is 0 Å². The van der Waals surface area contributed by atoms with Crippen molar-refractivity contribution in [2.24, 2.45) is 0 Å². The Kier molecular flexibility index (Phi) is 14.1. The fourth-order valence-electron chi connectivity index (χ4n) is 4.23. The molecule has 1 aliphatic rings. The molecule has 0 bridgehead atoms. The molecule has 0 spiro atoms. The third-order valence-electron chi connectivity index (χ3n) is 6.32. The van der Waals surface area contributed by atoms with Crippen molar-refractivity contribution in [1.82, 2.24) is 0 Å². The van der Waals surface area contributed by atoms with Crippen molar-refractivity contribution in [3.8, 4) is 5.75 Å². The van der Waals surface area contributed by atoms with Crippen LogP contribution in [0.5, 0.6) is 5.75 Å². The van der Waals surface area contributed by atoms with Crippen LogP contribution in [-0.4, -0.2) is 37.7 Å². The van der Waals surface area contributed by atoms with Crippen molar-refractivity contribution in [2.45, 2.75) is 117 Å². The van der Waals surface area contributed by atoms with E-state index in [1.807, 2.05) is 44.2 Å². The Bertz CT molecular complexity index is 738. The number of unbranched alkanes of at least 4 members (excludes halogenated alkanes) is 11. The summed E-state index contributed by atoms with van der Waals surface area (Å²) in [4.78, 5) is 12.3. The summed E-state index contributed by atoms with van der Waals surface area (Å²) in [5, 5.41) is 0. The van der Waals surface area contributed by atoms with Crippen LogP contribution in [0, 0.1) is 0 Å². The second-order valence-electron chi connectivity index (χ2n) is 10.2. The zero-order chi connectivity index (χ0) is 25.4. The summed E-state index contributed by atoms with van der Waals surface area (Å²) in [6.45, 7) is 9.12. The van der Waals surface area contributed by atoms with E-state index in [9.17, 15) is 4.79 Å². The van der Waals surface area contributed by atoms with Gasteiger partial charge in [0.05, 0.1) is 13.2 Å². The molecule has 1 atom stereocenters. The number of benzene rings is 1. The topological polar surface area (TPSA) is 54.0 Å². The molecular formula is C30H48O5. The van der Waals surface area contributed by atoms with Crippen molar-refractivity contribution in [3.05, 3.63) is 35.4 Å². The molecule has 1 aliphatic heterocycles. The molecule has 1 unspecified atom stereocenters. The lowest BCUT2D eigenvalue weighted by molar-refractivity contribution is -0.155. The van der Waals surface area contributed by atoms with Gasteiger partial charge in [-0.05, 0) is 51.0 Å². The van der Waals surface area contributed by atoms with Crippen molar-refractivity contribution in [3.63, 3.8) is 0 Å². The zero-order valence-electron chi connectivity index (χ0n) is 22.6. The van der Waals surface area contributed by atoms with Gasteiger partial charge in [-0.3, -0.25) is 0 Å². The summed E-state index contributed by atoms with van der Waals surface area (Å²) in [5.41, 5.74) is 1.49. The SMILES string of the molecule is CCCCCCCCCCCCCCOc1ccc(/C=C(\C)C(=O)OCC2COC(C)(C)O2)cc1. The van der Waals surface area contributed by atoms with Crippen LogP contribution in [-0.2, 0) is 19.0 Å². The molecule has 35 heavy (non-hydrogen) atoms. The Hall–Kier alpha value is -1.85. The first-order valence-electron chi connectivity index (χ1n) is 13.8. The first-order chi connectivity index (χ1) is 16.9. The number of hydrogen-bond acceptors (Lipinski definition) is 5. The van der Waals surface area contributed by atoms with Gasteiger partial charge in [0, 0.05) is 5.57 Å². The van der Waals surface area contributed by atoms with Gasteiger partial charge in [0.1, 0.15) is 18.5 Å². The molecule has 0 radical (unpaired) electrons. The zero-order valence-corrected chi connectivity index (χ0v) is 22.6. The summed E-state index contributed by atoms with van der Waals surface area (Å²) in [7, 11) is 0. The summed E-state index contributed by atoms with van der Waals surface area (Å²) in [6, 6.07) is 7.84. The minimum Gasteiger partial charge on any atom is -0.494 e. The van der Waals surface area contributed by atoms with Crippen LogP contribution in [0.2, 0.25) is 0 Å². The monoisotopic (exact) mass is 488 g/mol. The molecule has 0 saturated carbocycles. The van der Waals surface area contributed by atoms with Gasteiger partial charge in [-0.15, -0.1) is 0 Å². The summed E-state index contributed by atoms with van der Waals surface area (Å²) in [6.07, 6.45) is 17.7. The van der Waals surface area contributed by atoms with E-state index in [-0.39, 0.29) is 18.7 Å². The van der Waals surface area contributed by atoms with Crippen LogP contribution in [0.15, 0.2) is 29.8 Å². The maximum Gasteiger partial charge on any atom is 0.333 e. The molecule has 198 valence electrons. The van der Waals surface area contributed by atoms with Crippen LogP contribution < -0.4 is 4.74 Å². The predicted molar refractivity (Wildman–Crippen MR) is 143 cm³/mol. The quantitative estimate of drug-likeness (QED) is 0.120. The molecule has 2 rings (SSSR count). The Balaban J connectivity index is 1.52. The van der Waals surface area contributed by atoms with Gasteiger partial charge in [0.25, 0.3) is 0 Å². The lowest BCUT2D eigenvalue weighted by Crippen LogP contribution is -2.25. The van der Waals surface area contributed by atoms with E-state index in [1.165, 1.54) is 70.6 Å². The van der Waals surface area contributed by atoms with Gasteiger partial charge in [-0.1, -0.05) is 89.7 Å². The highest BCUT2D eigenvalue weighted by Crippen LogP contribution is 2.23. The van der Waals surface area contributed by atoms with Crippen LogP contribution in [0.25, 0.3) is 6.08 Å². The summed E-state index contributed by atoms with van der Waals surface area (Å²) >= 11 is 0. The van der Waals surface area contributed by atoms with E-state index < -0.39 is 5.79 Å². The van der Waals surface area contributed by atoms with Crippen molar-refractivity contribution in [1.29, 1.82) is 0 Å². The molecule has 0 aromatic heterocycles. The highest BCUT2D eigenvalue weighted by molar-refractivity contribution is 5.93. The molecule has 1 aromatic carbocycles. The lowest BCUT2D eigenvalue weighted by atomic mass is 10.1. The molecular weight excluding hydrogens is 440 g/mol. The normalized spacial score (nSPS) is 17.5. The Labute approximate surface area is 213 Å². The standard InChI is InChI=1S/C30H48O5/c1-5-6-7-8-9-10-11-12-13-14-15-16-21-32-27-19-17-26(18-20-27)22-25(2)29(31)33-23-28-24-34-30(3,4)35-28/h17-20,22,28H,5-16,21,23-24H2,1-4H3/b25-22+. The van der Waals surface area contributed by atoms with E-state index in [1.54, 1.807) is 6.92 Å². The number of hydrogen-bond donors (Lipinski definition) is 0. The molecule has 1 heterocycles. The van der Waals surface area contributed by atoms with E-state index in [2.05, 4.69) is 6.92 Å². The van der Waals surface area contributed by atoms with Gasteiger partial charge in [-0.25, -0.2) is 4.79 Å². The summed E-state index contributed by atoms with van der Waals surface area (Å²) < 4.78 is 22.4. The fourth-order valence-corrected chi connectivity index (χ4v) is 4.23. The van der Waals surface area contributed by atoms with Crippen molar-refractivity contribution < 1.29 is 23.7 Å². The second kappa shape index (κ2) is 16.8. The first-order valence-corrected chi connectivity index (χ1v) is 13.8.